The Morgan fingerprint density at radius 1 is 1.18 bits per heavy atom. The van der Waals surface area contributed by atoms with Crippen LogP contribution in [0.25, 0.3) is 0 Å². The van der Waals surface area contributed by atoms with Crippen molar-refractivity contribution >= 4 is 5.90 Å². The highest BCUT2D eigenvalue weighted by Gasteiger charge is 1.95. The third kappa shape index (κ3) is 7.24. The summed E-state index contributed by atoms with van der Waals surface area (Å²) in [5.41, 5.74) is 0. The molecule has 0 heterocycles. The Hall–Kier alpha value is -0.650. The first-order valence-corrected chi connectivity index (χ1v) is 3.31. The molecule has 3 N–H and O–H groups in total. The highest BCUT2D eigenvalue weighted by molar-refractivity contribution is 5.73. The fourth-order valence-electron chi connectivity index (χ4n) is 0.440. The molecule has 0 fully saturated rings. The Morgan fingerprint density at radius 3 is 2.36 bits per heavy atom. The van der Waals surface area contributed by atoms with Crippen LogP contribution in [0.5, 0.6) is 0 Å². The standard InChI is InChI=1S/C6H13NO4/c7-6(11-4-2-9)5-10-3-1-8/h7-9H,1-5H2. The van der Waals surface area contributed by atoms with Crippen molar-refractivity contribution < 1.29 is 19.7 Å². The van der Waals surface area contributed by atoms with E-state index < -0.39 is 0 Å². The van der Waals surface area contributed by atoms with Gasteiger partial charge in [0.25, 0.3) is 0 Å². The zero-order valence-electron chi connectivity index (χ0n) is 6.25. The van der Waals surface area contributed by atoms with Crippen LogP contribution in [0.3, 0.4) is 0 Å². The fraction of sp³-hybridized carbons (Fsp3) is 0.833. The van der Waals surface area contributed by atoms with Crippen LogP contribution in [0.15, 0.2) is 0 Å². The van der Waals surface area contributed by atoms with E-state index in [2.05, 4.69) is 4.74 Å². The lowest BCUT2D eigenvalue weighted by Crippen LogP contribution is -2.15. The molecule has 0 saturated carbocycles. The summed E-state index contributed by atoms with van der Waals surface area (Å²) in [5, 5.41) is 23.6. The summed E-state index contributed by atoms with van der Waals surface area (Å²) in [6.45, 7) is 0.183. The Bertz CT molecular complexity index is 107. The van der Waals surface area contributed by atoms with Gasteiger partial charge in [0.1, 0.15) is 13.2 Å². The molecule has 0 aromatic carbocycles. The second-order valence-electron chi connectivity index (χ2n) is 1.77. The molecule has 11 heavy (non-hydrogen) atoms. The largest absolute Gasteiger partial charge is 0.477 e. The first-order valence-electron chi connectivity index (χ1n) is 3.31. The summed E-state index contributed by atoms with van der Waals surface area (Å²) in [6, 6.07) is 0. The molecular formula is C6H13NO4. The quantitative estimate of drug-likeness (QED) is 0.266. The summed E-state index contributed by atoms with van der Waals surface area (Å²) in [7, 11) is 0. The van der Waals surface area contributed by atoms with E-state index in [9.17, 15) is 0 Å². The van der Waals surface area contributed by atoms with Crippen molar-refractivity contribution in [3.05, 3.63) is 0 Å². The minimum atomic E-state index is -0.109. The summed E-state index contributed by atoms with van der Waals surface area (Å²) in [4.78, 5) is 0. The number of aliphatic hydroxyl groups is 2. The SMILES string of the molecule is N=C(COCCO)OCCO. The highest BCUT2D eigenvalue weighted by Crippen LogP contribution is 1.81. The van der Waals surface area contributed by atoms with Gasteiger partial charge in [0.2, 0.25) is 5.90 Å². The van der Waals surface area contributed by atoms with E-state index >= 15 is 0 Å². The van der Waals surface area contributed by atoms with Gasteiger partial charge in [0, 0.05) is 0 Å². The van der Waals surface area contributed by atoms with Crippen molar-refractivity contribution in [2.75, 3.05) is 33.0 Å². The second kappa shape index (κ2) is 7.46. The second-order valence-corrected chi connectivity index (χ2v) is 1.77. The van der Waals surface area contributed by atoms with E-state index in [4.69, 9.17) is 20.4 Å². The predicted octanol–water partition coefficient (Wildman–Crippen LogP) is -1.02. The van der Waals surface area contributed by atoms with Crippen LogP contribution >= 0.6 is 0 Å². The molecule has 0 aromatic rings. The molecule has 0 rings (SSSR count). The highest BCUT2D eigenvalue weighted by atomic mass is 16.5. The maximum atomic E-state index is 8.28. The molecule has 5 nitrogen and oxygen atoms in total. The molecule has 0 atom stereocenters. The van der Waals surface area contributed by atoms with E-state index in [0.717, 1.165) is 0 Å². The smallest absolute Gasteiger partial charge is 0.207 e. The maximum absolute atomic E-state index is 8.28. The van der Waals surface area contributed by atoms with E-state index in [-0.39, 0.29) is 38.9 Å². The summed E-state index contributed by atoms with van der Waals surface area (Å²) >= 11 is 0. The van der Waals surface area contributed by atoms with Crippen LogP contribution in [0, 0.1) is 5.41 Å². The molecule has 0 spiro atoms. The van der Waals surface area contributed by atoms with E-state index in [1.54, 1.807) is 0 Å². The molecular weight excluding hydrogens is 150 g/mol. The average molecular weight is 163 g/mol. The number of hydrogen-bond acceptors (Lipinski definition) is 5. The molecule has 0 bridgehead atoms. The van der Waals surface area contributed by atoms with Crippen molar-refractivity contribution in [2.45, 2.75) is 0 Å². The van der Waals surface area contributed by atoms with Gasteiger partial charge in [-0.2, -0.15) is 0 Å². The molecule has 0 aliphatic heterocycles. The van der Waals surface area contributed by atoms with Crippen molar-refractivity contribution in [1.29, 1.82) is 5.41 Å². The van der Waals surface area contributed by atoms with Gasteiger partial charge in [-0.3, -0.25) is 5.41 Å². The minimum Gasteiger partial charge on any atom is -0.477 e. The Labute approximate surface area is 65.1 Å². The number of nitrogens with one attached hydrogen (secondary N) is 1. The van der Waals surface area contributed by atoms with E-state index in [1.165, 1.54) is 0 Å². The van der Waals surface area contributed by atoms with Crippen molar-refractivity contribution in [1.82, 2.24) is 0 Å². The zero-order chi connectivity index (χ0) is 8.53. The Morgan fingerprint density at radius 2 is 1.82 bits per heavy atom. The van der Waals surface area contributed by atoms with Crippen LogP contribution in [0.4, 0.5) is 0 Å². The van der Waals surface area contributed by atoms with E-state index in [0.29, 0.717) is 0 Å². The molecule has 66 valence electrons. The number of hydrogen-bond donors (Lipinski definition) is 3. The molecule has 5 heteroatoms. The predicted molar refractivity (Wildman–Crippen MR) is 38.7 cm³/mol. The first-order chi connectivity index (χ1) is 5.31. The third-order valence-electron chi connectivity index (χ3n) is 0.836. The van der Waals surface area contributed by atoms with Gasteiger partial charge >= 0.3 is 0 Å². The minimum absolute atomic E-state index is 0.0347. The summed E-state index contributed by atoms with van der Waals surface area (Å²) in [6.07, 6.45) is 0. The van der Waals surface area contributed by atoms with Gasteiger partial charge in [-0.15, -0.1) is 0 Å². The van der Waals surface area contributed by atoms with Gasteiger partial charge < -0.3 is 19.7 Å². The molecule has 0 aliphatic rings. The van der Waals surface area contributed by atoms with Crippen LogP contribution < -0.4 is 0 Å². The van der Waals surface area contributed by atoms with Gasteiger partial charge in [0.15, 0.2) is 0 Å². The molecule has 0 unspecified atom stereocenters. The molecule has 0 saturated heterocycles. The van der Waals surface area contributed by atoms with Crippen LogP contribution in [-0.4, -0.2) is 49.1 Å². The normalized spacial score (nSPS) is 9.64. The summed E-state index contributed by atoms with van der Waals surface area (Å²) in [5.74, 6) is -0.0347. The molecule has 0 amide bonds. The number of ether oxygens (including phenoxy) is 2. The Balaban J connectivity index is 3.09. The first kappa shape index (κ1) is 10.3. The van der Waals surface area contributed by atoms with Crippen LogP contribution in [0.1, 0.15) is 0 Å². The zero-order valence-corrected chi connectivity index (χ0v) is 6.25. The molecule has 0 aliphatic carbocycles. The van der Waals surface area contributed by atoms with Crippen molar-refractivity contribution in [3.63, 3.8) is 0 Å². The van der Waals surface area contributed by atoms with Crippen LogP contribution in [0.2, 0.25) is 0 Å². The monoisotopic (exact) mass is 163 g/mol. The third-order valence-corrected chi connectivity index (χ3v) is 0.836. The van der Waals surface area contributed by atoms with Gasteiger partial charge in [-0.1, -0.05) is 0 Å². The lowest BCUT2D eigenvalue weighted by molar-refractivity contribution is 0.101. The number of aliphatic hydroxyl groups excluding tert-OH is 2. The van der Waals surface area contributed by atoms with Crippen molar-refractivity contribution in [3.8, 4) is 0 Å². The van der Waals surface area contributed by atoms with E-state index in [1.807, 2.05) is 0 Å². The average Bonchev–Trinajstić information content (AvgIpc) is 2.01. The van der Waals surface area contributed by atoms with Gasteiger partial charge in [-0.25, -0.2) is 0 Å². The number of rotatable bonds is 6. The topological polar surface area (TPSA) is 82.8 Å². The Kier molecular flexibility index (Phi) is 7.02. The van der Waals surface area contributed by atoms with Gasteiger partial charge in [-0.05, 0) is 0 Å². The van der Waals surface area contributed by atoms with Crippen molar-refractivity contribution in [2.24, 2.45) is 0 Å². The lowest BCUT2D eigenvalue weighted by atomic mass is 10.6. The van der Waals surface area contributed by atoms with Crippen LogP contribution in [-0.2, 0) is 9.47 Å². The summed E-state index contributed by atoms with van der Waals surface area (Å²) < 4.78 is 9.42. The molecule has 0 radical (unpaired) electrons. The molecule has 0 aromatic heterocycles. The maximum Gasteiger partial charge on any atom is 0.207 e. The fourth-order valence-corrected chi connectivity index (χ4v) is 0.440. The van der Waals surface area contributed by atoms with Gasteiger partial charge in [0.05, 0.1) is 19.8 Å². The lowest BCUT2D eigenvalue weighted by Gasteiger charge is -2.05.